The molecule has 0 amide bonds. The van der Waals surface area contributed by atoms with Crippen LogP contribution < -0.4 is 10.5 Å². The zero-order valence-electron chi connectivity index (χ0n) is 8.84. The van der Waals surface area contributed by atoms with E-state index in [2.05, 4.69) is 0 Å². The molecule has 0 saturated heterocycles. The number of halogens is 2. The van der Waals surface area contributed by atoms with E-state index in [9.17, 15) is 13.9 Å². The monoisotopic (exact) mass is 229 g/mol. The number of hydrogen-bond acceptors (Lipinski definition) is 3. The number of aromatic hydroxyl groups is 1. The molecule has 0 bridgehead atoms. The maximum atomic E-state index is 12.8. The first-order valence-corrected chi connectivity index (χ1v) is 4.90. The van der Waals surface area contributed by atoms with Crippen molar-refractivity contribution in [2.75, 3.05) is 7.11 Å². The minimum atomic E-state index is -2.73. The van der Waals surface area contributed by atoms with Crippen LogP contribution in [0.1, 0.15) is 18.4 Å². The molecule has 0 unspecified atom stereocenters. The maximum absolute atomic E-state index is 12.8. The molecule has 5 heteroatoms. The van der Waals surface area contributed by atoms with Crippen molar-refractivity contribution in [2.24, 2.45) is 5.73 Å². The molecule has 3 N–H and O–H groups in total. The Morgan fingerprint density at radius 2 is 2.00 bits per heavy atom. The lowest BCUT2D eigenvalue weighted by molar-refractivity contribution is -0.125. The largest absolute Gasteiger partial charge is 0.508 e. The van der Waals surface area contributed by atoms with Gasteiger partial charge in [0.1, 0.15) is 11.5 Å². The minimum Gasteiger partial charge on any atom is -0.508 e. The summed E-state index contributed by atoms with van der Waals surface area (Å²) < 4.78 is 30.7. The fourth-order valence-electron chi connectivity index (χ4n) is 2.10. The molecule has 0 radical (unpaired) electrons. The average Bonchev–Trinajstić information content (AvgIpc) is 2.15. The first kappa shape index (κ1) is 11.1. The Hall–Kier alpha value is -1.36. The Kier molecular flexibility index (Phi) is 2.31. The summed E-state index contributed by atoms with van der Waals surface area (Å²) in [4.78, 5) is 0. The Morgan fingerprint density at radius 3 is 2.50 bits per heavy atom. The highest BCUT2D eigenvalue weighted by atomic mass is 19.3. The van der Waals surface area contributed by atoms with Crippen molar-refractivity contribution in [3.8, 4) is 11.5 Å². The highest BCUT2D eigenvalue weighted by Crippen LogP contribution is 2.52. The second-order valence-electron chi connectivity index (χ2n) is 4.25. The summed E-state index contributed by atoms with van der Waals surface area (Å²) in [5.41, 5.74) is 5.00. The van der Waals surface area contributed by atoms with Crippen molar-refractivity contribution in [2.45, 2.75) is 24.3 Å². The number of hydrogen-bond donors (Lipinski definition) is 2. The Bertz CT molecular complexity index is 412. The molecule has 0 heterocycles. The summed E-state index contributed by atoms with van der Waals surface area (Å²) in [5.74, 6) is -2.31. The highest BCUT2D eigenvalue weighted by Gasteiger charge is 2.56. The van der Waals surface area contributed by atoms with E-state index in [1.165, 1.54) is 19.2 Å². The Labute approximate surface area is 91.8 Å². The molecule has 0 spiro atoms. The average molecular weight is 229 g/mol. The van der Waals surface area contributed by atoms with Crippen LogP contribution in [0.15, 0.2) is 18.2 Å². The van der Waals surface area contributed by atoms with Gasteiger partial charge in [0.05, 0.1) is 12.6 Å². The Balaban J connectivity index is 2.34. The first-order chi connectivity index (χ1) is 7.36. The van der Waals surface area contributed by atoms with E-state index < -0.39 is 24.3 Å². The van der Waals surface area contributed by atoms with E-state index in [0.717, 1.165) is 0 Å². The number of alkyl halides is 2. The normalized spacial score (nSPS) is 21.2. The van der Waals surface area contributed by atoms with Gasteiger partial charge in [-0.25, -0.2) is 8.78 Å². The van der Waals surface area contributed by atoms with Crippen molar-refractivity contribution >= 4 is 0 Å². The second kappa shape index (κ2) is 3.31. The molecule has 3 nitrogen and oxygen atoms in total. The van der Waals surface area contributed by atoms with E-state index in [0.29, 0.717) is 11.3 Å². The number of rotatable bonds is 2. The van der Waals surface area contributed by atoms with Gasteiger partial charge < -0.3 is 15.6 Å². The fraction of sp³-hybridized carbons (Fsp3) is 0.455. The lowest BCUT2D eigenvalue weighted by atomic mass is 9.69. The predicted molar refractivity (Wildman–Crippen MR) is 54.7 cm³/mol. The topological polar surface area (TPSA) is 55.5 Å². The van der Waals surface area contributed by atoms with E-state index in [1.54, 1.807) is 6.07 Å². The van der Waals surface area contributed by atoms with Gasteiger partial charge in [0.25, 0.3) is 5.92 Å². The lowest BCUT2D eigenvalue weighted by Crippen LogP contribution is -2.55. The number of ether oxygens (including phenoxy) is 1. The van der Waals surface area contributed by atoms with Crippen LogP contribution in [0.2, 0.25) is 0 Å². The smallest absolute Gasteiger partial charge is 0.252 e. The van der Waals surface area contributed by atoms with E-state index in [4.69, 9.17) is 10.5 Å². The molecule has 1 saturated carbocycles. The molecule has 0 aromatic heterocycles. The van der Waals surface area contributed by atoms with Gasteiger partial charge in [0.2, 0.25) is 0 Å². The fourth-order valence-corrected chi connectivity index (χ4v) is 2.10. The molecule has 1 aliphatic rings. The third-order valence-corrected chi connectivity index (χ3v) is 2.89. The van der Waals surface area contributed by atoms with Crippen LogP contribution in [0, 0.1) is 0 Å². The van der Waals surface area contributed by atoms with Crippen LogP contribution in [0.3, 0.4) is 0 Å². The van der Waals surface area contributed by atoms with Crippen LogP contribution in [-0.4, -0.2) is 18.1 Å². The van der Waals surface area contributed by atoms with Gasteiger partial charge >= 0.3 is 0 Å². The number of phenolic OH excluding ortho intramolecular Hbond substituents is 1. The van der Waals surface area contributed by atoms with Gasteiger partial charge in [-0.15, -0.1) is 0 Å². The zero-order chi connectivity index (χ0) is 12.0. The molecule has 1 aromatic rings. The summed E-state index contributed by atoms with van der Waals surface area (Å²) in [6.07, 6.45) is -0.887. The van der Waals surface area contributed by atoms with Gasteiger partial charge in [0, 0.05) is 18.4 Å². The summed E-state index contributed by atoms with van der Waals surface area (Å²) in [5, 5.41) is 9.62. The molecule has 88 valence electrons. The van der Waals surface area contributed by atoms with Crippen molar-refractivity contribution in [3.63, 3.8) is 0 Å². The van der Waals surface area contributed by atoms with Gasteiger partial charge in [-0.05, 0) is 18.2 Å². The molecule has 1 aromatic carbocycles. The number of methoxy groups -OCH3 is 1. The van der Waals surface area contributed by atoms with E-state index in [1.807, 2.05) is 0 Å². The Morgan fingerprint density at radius 1 is 1.38 bits per heavy atom. The molecular weight excluding hydrogens is 216 g/mol. The SMILES string of the molecule is COc1ccc(O)c(C2(N)CC(F)(F)C2)c1. The zero-order valence-corrected chi connectivity index (χ0v) is 8.84. The van der Waals surface area contributed by atoms with Crippen LogP contribution in [-0.2, 0) is 5.54 Å². The van der Waals surface area contributed by atoms with E-state index in [-0.39, 0.29) is 5.75 Å². The molecule has 0 aliphatic heterocycles. The quantitative estimate of drug-likeness (QED) is 0.815. The summed E-state index contributed by atoms with van der Waals surface area (Å²) >= 11 is 0. The molecular formula is C11H13F2NO2. The van der Waals surface area contributed by atoms with Crippen LogP contribution in [0.5, 0.6) is 11.5 Å². The summed E-state index contributed by atoms with van der Waals surface area (Å²) in [6, 6.07) is 4.46. The molecule has 1 fully saturated rings. The van der Waals surface area contributed by atoms with Crippen LogP contribution in [0.25, 0.3) is 0 Å². The van der Waals surface area contributed by atoms with Crippen molar-refractivity contribution in [1.29, 1.82) is 0 Å². The number of benzene rings is 1. The number of phenols is 1. The van der Waals surface area contributed by atoms with Gasteiger partial charge in [-0.2, -0.15) is 0 Å². The standard InChI is InChI=1S/C11H13F2NO2/c1-16-7-2-3-9(15)8(4-7)10(14)5-11(12,13)6-10/h2-4,15H,5-6,14H2,1H3. The molecule has 1 aliphatic carbocycles. The summed E-state index contributed by atoms with van der Waals surface area (Å²) in [7, 11) is 1.47. The molecule has 16 heavy (non-hydrogen) atoms. The van der Waals surface area contributed by atoms with Gasteiger partial charge in [-0.1, -0.05) is 0 Å². The molecule has 0 atom stereocenters. The van der Waals surface area contributed by atoms with Crippen molar-refractivity contribution in [1.82, 2.24) is 0 Å². The number of nitrogens with two attached hydrogens (primary N) is 1. The minimum absolute atomic E-state index is 0.0706. The maximum Gasteiger partial charge on any atom is 0.252 e. The van der Waals surface area contributed by atoms with Crippen LogP contribution >= 0.6 is 0 Å². The third-order valence-electron chi connectivity index (χ3n) is 2.89. The van der Waals surface area contributed by atoms with E-state index >= 15 is 0 Å². The van der Waals surface area contributed by atoms with Gasteiger partial charge in [0.15, 0.2) is 0 Å². The third kappa shape index (κ3) is 1.71. The second-order valence-corrected chi connectivity index (χ2v) is 4.25. The summed E-state index contributed by atoms with van der Waals surface area (Å²) in [6.45, 7) is 0. The van der Waals surface area contributed by atoms with Crippen molar-refractivity contribution in [3.05, 3.63) is 23.8 Å². The first-order valence-electron chi connectivity index (χ1n) is 4.90. The molecule has 2 rings (SSSR count). The van der Waals surface area contributed by atoms with Gasteiger partial charge in [-0.3, -0.25) is 0 Å². The van der Waals surface area contributed by atoms with Crippen molar-refractivity contribution < 1.29 is 18.6 Å². The van der Waals surface area contributed by atoms with Crippen LogP contribution in [0.4, 0.5) is 8.78 Å². The highest BCUT2D eigenvalue weighted by molar-refractivity contribution is 5.45. The predicted octanol–water partition coefficient (Wildman–Crippen LogP) is 1.98. The lowest BCUT2D eigenvalue weighted by Gasteiger charge is -2.45.